The van der Waals surface area contributed by atoms with Crippen LogP contribution < -0.4 is 5.32 Å². The van der Waals surface area contributed by atoms with Gasteiger partial charge in [-0.1, -0.05) is 24.3 Å². The Kier molecular flexibility index (Phi) is 7.70. The Labute approximate surface area is 185 Å². The van der Waals surface area contributed by atoms with Gasteiger partial charge in [0.1, 0.15) is 0 Å². The van der Waals surface area contributed by atoms with Crippen molar-refractivity contribution in [2.45, 2.75) is 64.6 Å². The van der Waals surface area contributed by atoms with Crippen LogP contribution in [0.5, 0.6) is 0 Å². The van der Waals surface area contributed by atoms with Gasteiger partial charge >= 0.3 is 0 Å². The first-order valence-electron chi connectivity index (χ1n) is 11.4. The molecular formula is C24H36N4O3. The van der Waals surface area contributed by atoms with Crippen LogP contribution in [0.15, 0.2) is 24.3 Å². The Bertz CT molecular complexity index is 802. The van der Waals surface area contributed by atoms with E-state index in [1.54, 1.807) is 6.92 Å². The molecule has 2 aliphatic rings. The number of carbonyl (C=O) groups is 3. The summed E-state index contributed by atoms with van der Waals surface area (Å²) >= 11 is 0. The van der Waals surface area contributed by atoms with Crippen molar-refractivity contribution >= 4 is 17.7 Å². The minimum absolute atomic E-state index is 0.0207. The number of amides is 3. The van der Waals surface area contributed by atoms with Crippen LogP contribution >= 0.6 is 0 Å². The number of nitrogens with one attached hydrogen (secondary N) is 1. The zero-order chi connectivity index (χ0) is 22.5. The van der Waals surface area contributed by atoms with E-state index in [9.17, 15) is 14.4 Å². The van der Waals surface area contributed by atoms with Crippen LogP contribution in [0.2, 0.25) is 0 Å². The molecule has 170 valence electrons. The molecule has 0 bridgehead atoms. The summed E-state index contributed by atoms with van der Waals surface area (Å²) in [6.07, 6.45) is 2.88. The molecular weight excluding hydrogens is 392 g/mol. The SMILES string of the molecule is CC(=O)N1CCc2ccccc2[C@H]1CC(=O)N1CCC(N(C)CC(=O)NC(C)C)CC1. The molecule has 0 aliphatic carbocycles. The molecule has 1 aromatic rings. The number of rotatable bonds is 6. The number of carbonyl (C=O) groups excluding carboxylic acids is 3. The van der Waals surface area contributed by atoms with Gasteiger partial charge in [0.25, 0.3) is 0 Å². The van der Waals surface area contributed by atoms with Crippen molar-refractivity contribution in [3.8, 4) is 0 Å². The predicted molar refractivity (Wildman–Crippen MR) is 120 cm³/mol. The maximum absolute atomic E-state index is 13.1. The van der Waals surface area contributed by atoms with Gasteiger partial charge in [-0.2, -0.15) is 0 Å². The van der Waals surface area contributed by atoms with Crippen LogP contribution in [-0.4, -0.2) is 77.7 Å². The second-order valence-corrected chi connectivity index (χ2v) is 9.13. The normalized spacial score (nSPS) is 19.5. The lowest BCUT2D eigenvalue weighted by atomic mass is 9.90. The summed E-state index contributed by atoms with van der Waals surface area (Å²) in [7, 11) is 1.98. The quantitative estimate of drug-likeness (QED) is 0.752. The maximum atomic E-state index is 13.1. The largest absolute Gasteiger partial charge is 0.353 e. The van der Waals surface area contributed by atoms with Crippen LogP contribution in [0.25, 0.3) is 0 Å². The van der Waals surface area contributed by atoms with Crippen molar-refractivity contribution < 1.29 is 14.4 Å². The van der Waals surface area contributed by atoms with E-state index in [4.69, 9.17) is 0 Å². The molecule has 1 atom stereocenters. The molecule has 0 unspecified atom stereocenters. The number of likely N-dealkylation sites (N-methyl/N-ethyl adjacent to an activating group) is 1. The Morgan fingerprint density at radius 1 is 1.13 bits per heavy atom. The standard InChI is InChI=1S/C24H36N4O3/c1-17(2)25-23(30)16-26(4)20-10-12-27(13-11-20)24(31)15-22-21-8-6-5-7-19(21)9-14-28(22)18(3)29/h5-8,17,20,22H,9-16H2,1-4H3,(H,25,30)/t22-/m1/s1. The van der Waals surface area contributed by atoms with Crippen LogP contribution in [0.4, 0.5) is 0 Å². The summed E-state index contributed by atoms with van der Waals surface area (Å²) in [5, 5.41) is 2.93. The number of likely N-dealkylation sites (tertiary alicyclic amines) is 1. The molecule has 0 radical (unpaired) electrons. The van der Waals surface area contributed by atoms with Crippen LogP contribution in [0.3, 0.4) is 0 Å². The molecule has 2 aliphatic heterocycles. The molecule has 3 rings (SSSR count). The molecule has 0 saturated carbocycles. The van der Waals surface area contributed by atoms with E-state index < -0.39 is 0 Å². The maximum Gasteiger partial charge on any atom is 0.234 e. The van der Waals surface area contributed by atoms with Crippen molar-refractivity contribution in [3.05, 3.63) is 35.4 Å². The highest BCUT2D eigenvalue weighted by Crippen LogP contribution is 2.33. The van der Waals surface area contributed by atoms with E-state index in [0.29, 0.717) is 38.6 Å². The number of fused-ring (bicyclic) bond motifs is 1. The van der Waals surface area contributed by atoms with E-state index in [0.717, 1.165) is 24.8 Å². The summed E-state index contributed by atoms with van der Waals surface area (Å²) in [6.45, 7) is 7.92. The summed E-state index contributed by atoms with van der Waals surface area (Å²) in [4.78, 5) is 43.2. The van der Waals surface area contributed by atoms with Gasteiger partial charge in [-0.05, 0) is 51.3 Å². The van der Waals surface area contributed by atoms with Gasteiger partial charge in [-0.3, -0.25) is 19.3 Å². The summed E-state index contributed by atoms with van der Waals surface area (Å²) in [5.74, 6) is 0.162. The molecule has 1 N–H and O–H groups in total. The fourth-order valence-electron chi connectivity index (χ4n) is 4.82. The third kappa shape index (κ3) is 5.85. The third-order valence-corrected chi connectivity index (χ3v) is 6.47. The Morgan fingerprint density at radius 2 is 1.81 bits per heavy atom. The summed E-state index contributed by atoms with van der Waals surface area (Å²) in [5.41, 5.74) is 2.33. The van der Waals surface area contributed by atoms with Crippen LogP contribution in [0.1, 0.15) is 57.2 Å². The molecule has 0 aromatic heterocycles. The Morgan fingerprint density at radius 3 is 2.45 bits per heavy atom. The van der Waals surface area contributed by atoms with Crippen LogP contribution in [0, 0.1) is 0 Å². The third-order valence-electron chi connectivity index (χ3n) is 6.47. The number of hydrogen-bond acceptors (Lipinski definition) is 4. The van der Waals surface area contributed by atoms with E-state index >= 15 is 0 Å². The molecule has 3 amide bonds. The average molecular weight is 429 g/mol. The lowest BCUT2D eigenvalue weighted by Crippen LogP contribution is -2.49. The van der Waals surface area contributed by atoms with Crippen molar-refractivity contribution in [3.63, 3.8) is 0 Å². The van der Waals surface area contributed by atoms with Gasteiger partial charge in [0.15, 0.2) is 0 Å². The fourth-order valence-corrected chi connectivity index (χ4v) is 4.82. The van der Waals surface area contributed by atoms with Crippen molar-refractivity contribution in [2.24, 2.45) is 0 Å². The lowest BCUT2D eigenvalue weighted by molar-refractivity contribution is -0.138. The summed E-state index contributed by atoms with van der Waals surface area (Å²) < 4.78 is 0. The molecule has 31 heavy (non-hydrogen) atoms. The monoisotopic (exact) mass is 428 g/mol. The molecule has 1 aromatic carbocycles. The molecule has 1 fully saturated rings. The number of nitrogens with zero attached hydrogens (tertiary/aromatic N) is 3. The summed E-state index contributed by atoms with van der Waals surface area (Å²) in [6, 6.07) is 8.40. The first kappa shape index (κ1) is 23.3. The molecule has 1 saturated heterocycles. The molecule has 2 heterocycles. The Balaban J connectivity index is 1.57. The van der Waals surface area contributed by atoms with Crippen molar-refractivity contribution in [1.29, 1.82) is 0 Å². The second-order valence-electron chi connectivity index (χ2n) is 9.13. The van der Waals surface area contributed by atoms with Gasteiger partial charge in [-0.25, -0.2) is 0 Å². The van der Waals surface area contributed by atoms with E-state index in [1.807, 2.05) is 48.9 Å². The molecule has 7 nitrogen and oxygen atoms in total. The smallest absolute Gasteiger partial charge is 0.234 e. The van der Waals surface area contributed by atoms with E-state index in [-0.39, 0.29) is 29.8 Å². The highest BCUT2D eigenvalue weighted by molar-refractivity contribution is 5.80. The first-order valence-corrected chi connectivity index (χ1v) is 11.4. The Hall–Kier alpha value is -2.41. The van der Waals surface area contributed by atoms with Gasteiger partial charge < -0.3 is 15.1 Å². The fraction of sp³-hybridized carbons (Fsp3) is 0.625. The van der Waals surface area contributed by atoms with Crippen LogP contribution in [-0.2, 0) is 20.8 Å². The average Bonchev–Trinajstić information content (AvgIpc) is 2.73. The zero-order valence-corrected chi connectivity index (χ0v) is 19.3. The highest BCUT2D eigenvalue weighted by atomic mass is 16.2. The minimum Gasteiger partial charge on any atom is -0.353 e. The second kappa shape index (κ2) is 10.3. The van der Waals surface area contributed by atoms with Crippen molar-refractivity contribution in [2.75, 3.05) is 33.2 Å². The van der Waals surface area contributed by atoms with E-state index in [2.05, 4.69) is 16.3 Å². The van der Waals surface area contributed by atoms with E-state index in [1.165, 1.54) is 5.56 Å². The minimum atomic E-state index is -0.185. The number of benzene rings is 1. The van der Waals surface area contributed by atoms with Gasteiger partial charge in [0, 0.05) is 38.6 Å². The van der Waals surface area contributed by atoms with Gasteiger partial charge in [0.2, 0.25) is 17.7 Å². The predicted octanol–water partition coefficient (Wildman–Crippen LogP) is 1.97. The van der Waals surface area contributed by atoms with Crippen molar-refractivity contribution in [1.82, 2.24) is 20.0 Å². The topological polar surface area (TPSA) is 73.0 Å². The lowest BCUT2D eigenvalue weighted by Gasteiger charge is -2.40. The number of hydrogen-bond donors (Lipinski definition) is 1. The molecule has 7 heteroatoms. The van der Waals surface area contributed by atoms with Gasteiger partial charge in [0.05, 0.1) is 19.0 Å². The highest BCUT2D eigenvalue weighted by Gasteiger charge is 2.33. The van der Waals surface area contributed by atoms with Gasteiger partial charge in [-0.15, -0.1) is 0 Å². The number of piperidine rings is 1. The molecule has 0 spiro atoms. The first-order chi connectivity index (χ1) is 14.8. The zero-order valence-electron chi connectivity index (χ0n) is 19.3.